The summed E-state index contributed by atoms with van der Waals surface area (Å²) in [5.41, 5.74) is 6.29. The van der Waals surface area contributed by atoms with Crippen molar-refractivity contribution in [3.8, 4) is 0 Å². The van der Waals surface area contributed by atoms with Crippen LogP contribution in [0.3, 0.4) is 0 Å². The Hall–Kier alpha value is -2.18. The Bertz CT molecular complexity index is 605. The van der Waals surface area contributed by atoms with Gasteiger partial charge in [0.2, 0.25) is 0 Å². The molecule has 0 aliphatic rings. The number of hydrogen-bond donors (Lipinski definition) is 2. The first-order valence-electron chi connectivity index (χ1n) is 6.90. The van der Waals surface area contributed by atoms with E-state index in [1.54, 1.807) is 6.20 Å². The number of rotatable bonds is 6. The maximum atomic E-state index is 6.03. The van der Waals surface area contributed by atoms with Crippen molar-refractivity contribution in [2.45, 2.75) is 12.5 Å². The van der Waals surface area contributed by atoms with Crippen LogP contribution in [-0.4, -0.2) is 42.0 Å². The van der Waals surface area contributed by atoms with E-state index >= 15 is 0 Å². The van der Waals surface area contributed by atoms with Crippen molar-refractivity contribution in [2.24, 2.45) is 16.7 Å². The lowest BCUT2D eigenvalue weighted by molar-refractivity contribution is 0.185. The standard InChI is InChI=1S/C15H22N6/c1-20(2)10-8-14(21(17)19-11-16)15-13-6-4-3-5-12(13)7-9-18-15/h3-7,9,11,14H,8,10,17H2,1-2H3,(H2,16,19). The summed E-state index contributed by atoms with van der Waals surface area (Å²) in [6.45, 7) is 0.878. The molecule has 2 aromatic rings. The first-order valence-corrected chi connectivity index (χ1v) is 6.90. The van der Waals surface area contributed by atoms with Crippen molar-refractivity contribution in [3.63, 3.8) is 0 Å². The molecule has 0 saturated heterocycles. The number of pyridine rings is 1. The highest BCUT2D eigenvalue weighted by atomic mass is 15.6. The molecule has 0 fully saturated rings. The maximum Gasteiger partial charge on any atom is 0.108 e. The first-order chi connectivity index (χ1) is 10.1. The molecule has 0 aliphatic heterocycles. The van der Waals surface area contributed by atoms with Gasteiger partial charge in [0.25, 0.3) is 0 Å². The van der Waals surface area contributed by atoms with Crippen LogP contribution in [0, 0.1) is 0 Å². The smallest absolute Gasteiger partial charge is 0.108 e. The van der Waals surface area contributed by atoms with Crippen LogP contribution in [0.1, 0.15) is 18.2 Å². The van der Waals surface area contributed by atoms with Gasteiger partial charge >= 0.3 is 0 Å². The lowest BCUT2D eigenvalue weighted by Crippen LogP contribution is -2.33. The van der Waals surface area contributed by atoms with Crippen molar-refractivity contribution >= 4 is 17.1 Å². The Morgan fingerprint density at radius 2 is 2.05 bits per heavy atom. The van der Waals surface area contributed by atoms with E-state index in [1.165, 1.54) is 11.5 Å². The molecule has 1 unspecified atom stereocenters. The van der Waals surface area contributed by atoms with Crippen molar-refractivity contribution in [3.05, 3.63) is 42.2 Å². The molecule has 1 aromatic carbocycles. The van der Waals surface area contributed by atoms with E-state index in [4.69, 9.17) is 11.6 Å². The molecule has 0 aliphatic carbocycles. The number of aromatic nitrogens is 1. The van der Waals surface area contributed by atoms with Crippen LogP contribution in [0.25, 0.3) is 10.8 Å². The van der Waals surface area contributed by atoms with Crippen LogP contribution in [-0.2, 0) is 0 Å². The van der Waals surface area contributed by atoms with Gasteiger partial charge in [-0.2, -0.15) is 5.10 Å². The summed E-state index contributed by atoms with van der Waals surface area (Å²) in [6.07, 6.45) is 3.82. The zero-order valence-electron chi connectivity index (χ0n) is 12.5. The number of benzene rings is 1. The molecule has 112 valence electrons. The Balaban J connectivity index is 2.42. The molecular weight excluding hydrogens is 264 g/mol. The van der Waals surface area contributed by atoms with Crippen molar-refractivity contribution in [1.82, 2.24) is 15.0 Å². The molecule has 1 aromatic heterocycles. The summed E-state index contributed by atoms with van der Waals surface area (Å²) < 4.78 is 0. The fourth-order valence-electron chi connectivity index (χ4n) is 2.34. The largest absolute Gasteiger partial charge is 0.388 e. The quantitative estimate of drug-likeness (QED) is 0.362. The van der Waals surface area contributed by atoms with E-state index in [9.17, 15) is 0 Å². The summed E-state index contributed by atoms with van der Waals surface area (Å²) in [5, 5.41) is 7.61. The molecular formula is C15H22N6. The van der Waals surface area contributed by atoms with Crippen LogP contribution in [0.5, 0.6) is 0 Å². The van der Waals surface area contributed by atoms with Gasteiger partial charge in [0.05, 0.1) is 5.69 Å². The Kier molecular flexibility index (Phi) is 5.08. The molecule has 6 nitrogen and oxygen atoms in total. The van der Waals surface area contributed by atoms with Gasteiger partial charge < -0.3 is 10.6 Å². The van der Waals surface area contributed by atoms with E-state index in [2.05, 4.69) is 27.1 Å². The second kappa shape index (κ2) is 7.01. The van der Waals surface area contributed by atoms with Gasteiger partial charge in [0, 0.05) is 11.6 Å². The van der Waals surface area contributed by atoms with Crippen LogP contribution < -0.4 is 11.6 Å². The minimum absolute atomic E-state index is 0.127. The number of nitrogens with two attached hydrogens (primary N) is 2. The predicted octanol–water partition coefficient (Wildman–Crippen LogP) is 1.31. The van der Waals surface area contributed by atoms with E-state index in [-0.39, 0.29) is 6.04 Å². The van der Waals surface area contributed by atoms with E-state index in [0.29, 0.717) is 0 Å². The zero-order valence-corrected chi connectivity index (χ0v) is 12.5. The van der Waals surface area contributed by atoms with Gasteiger partial charge in [-0.25, -0.2) is 11.0 Å². The SMILES string of the molecule is CN(C)CCC(c1nccc2ccccc12)N(N)/N=C\N. The molecule has 1 atom stereocenters. The molecule has 1 heterocycles. The second-order valence-electron chi connectivity index (χ2n) is 5.17. The molecule has 0 radical (unpaired) electrons. The van der Waals surface area contributed by atoms with Gasteiger partial charge in [0.15, 0.2) is 0 Å². The zero-order chi connectivity index (χ0) is 15.2. The second-order valence-corrected chi connectivity index (χ2v) is 5.17. The lowest BCUT2D eigenvalue weighted by Gasteiger charge is -2.26. The number of hydrazine groups is 1. The molecule has 0 spiro atoms. The van der Waals surface area contributed by atoms with E-state index in [1.807, 2.05) is 32.3 Å². The average molecular weight is 286 g/mol. The summed E-state index contributed by atoms with van der Waals surface area (Å²) >= 11 is 0. The van der Waals surface area contributed by atoms with Crippen molar-refractivity contribution in [1.29, 1.82) is 0 Å². The summed E-state index contributed by atoms with van der Waals surface area (Å²) in [7, 11) is 4.06. The first kappa shape index (κ1) is 15.2. The highest BCUT2D eigenvalue weighted by Crippen LogP contribution is 2.27. The normalized spacial score (nSPS) is 13.1. The molecule has 21 heavy (non-hydrogen) atoms. The fourth-order valence-corrected chi connectivity index (χ4v) is 2.34. The lowest BCUT2D eigenvalue weighted by atomic mass is 10.0. The average Bonchev–Trinajstić information content (AvgIpc) is 2.47. The summed E-state index contributed by atoms with van der Waals surface area (Å²) in [5.74, 6) is 6.03. The van der Waals surface area contributed by atoms with Gasteiger partial charge in [0.1, 0.15) is 12.4 Å². The number of nitrogens with zero attached hydrogens (tertiary/aromatic N) is 4. The molecule has 0 bridgehead atoms. The third-order valence-corrected chi connectivity index (χ3v) is 3.39. The topological polar surface area (TPSA) is 83.8 Å². The Morgan fingerprint density at radius 1 is 1.29 bits per heavy atom. The molecule has 2 rings (SSSR count). The molecule has 4 N–H and O–H groups in total. The molecule has 0 amide bonds. The van der Waals surface area contributed by atoms with Crippen LogP contribution in [0.2, 0.25) is 0 Å². The van der Waals surface area contributed by atoms with Gasteiger partial charge in [-0.1, -0.05) is 24.3 Å². The van der Waals surface area contributed by atoms with E-state index < -0.39 is 0 Å². The van der Waals surface area contributed by atoms with Crippen LogP contribution in [0.4, 0.5) is 0 Å². The monoisotopic (exact) mass is 286 g/mol. The third-order valence-electron chi connectivity index (χ3n) is 3.39. The van der Waals surface area contributed by atoms with Gasteiger partial charge in [-0.3, -0.25) is 4.98 Å². The number of hydrogen-bond acceptors (Lipinski definition) is 5. The minimum atomic E-state index is -0.127. The van der Waals surface area contributed by atoms with Crippen LogP contribution in [0.15, 0.2) is 41.6 Å². The van der Waals surface area contributed by atoms with Gasteiger partial charge in [-0.05, 0) is 38.5 Å². The fraction of sp³-hybridized carbons (Fsp3) is 0.333. The van der Waals surface area contributed by atoms with Gasteiger partial charge in [-0.15, -0.1) is 0 Å². The summed E-state index contributed by atoms with van der Waals surface area (Å²) in [6, 6.07) is 10.0. The maximum absolute atomic E-state index is 6.03. The molecule has 6 heteroatoms. The van der Waals surface area contributed by atoms with Crippen LogP contribution >= 0.6 is 0 Å². The Labute approximate surface area is 125 Å². The predicted molar refractivity (Wildman–Crippen MR) is 86.4 cm³/mol. The third kappa shape index (κ3) is 3.68. The van der Waals surface area contributed by atoms with Crippen molar-refractivity contribution in [2.75, 3.05) is 20.6 Å². The van der Waals surface area contributed by atoms with Crippen molar-refractivity contribution < 1.29 is 0 Å². The number of fused-ring (bicyclic) bond motifs is 1. The minimum Gasteiger partial charge on any atom is -0.388 e. The highest BCUT2D eigenvalue weighted by molar-refractivity contribution is 5.84. The summed E-state index contributed by atoms with van der Waals surface area (Å²) in [4.78, 5) is 6.64. The highest BCUT2D eigenvalue weighted by Gasteiger charge is 2.20. The Morgan fingerprint density at radius 3 is 2.76 bits per heavy atom. The van der Waals surface area contributed by atoms with E-state index in [0.717, 1.165) is 29.4 Å². The number of hydrazone groups is 1. The molecule has 0 saturated carbocycles.